The van der Waals surface area contributed by atoms with Crippen LogP contribution in [0.1, 0.15) is 0 Å². The molecule has 0 atom stereocenters. The van der Waals surface area contributed by atoms with E-state index in [0.717, 1.165) is 55.6 Å². The maximum atomic E-state index is 6.17. The van der Waals surface area contributed by atoms with Gasteiger partial charge in [0.05, 0.1) is 11.4 Å². The fourth-order valence-electron chi connectivity index (χ4n) is 10.1. The molecule has 0 aliphatic carbocycles. The lowest BCUT2D eigenvalue weighted by Gasteiger charge is -2.21. The van der Waals surface area contributed by atoms with Crippen LogP contribution in [0.25, 0.3) is 132 Å². The zero-order chi connectivity index (χ0) is 42.8. The third-order valence-corrected chi connectivity index (χ3v) is 13.1. The predicted molar refractivity (Wildman–Crippen MR) is 272 cm³/mol. The summed E-state index contributed by atoms with van der Waals surface area (Å²) in [5.41, 5.74) is 13.8. The van der Waals surface area contributed by atoms with Crippen LogP contribution in [0.2, 0.25) is 0 Å². The molecule has 13 rings (SSSR count). The van der Waals surface area contributed by atoms with Gasteiger partial charge in [-0.2, -0.15) is 0 Å². The Bertz CT molecular complexity index is 3980. The van der Waals surface area contributed by atoms with E-state index < -0.39 is 0 Å². The molecule has 0 aliphatic heterocycles. The molecule has 0 radical (unpaired) electrons. The van der Waals surface area contributed by atoms with Crippen LogP contribution in [0.4, 0.5) is 0 Å². The normalized spacial score (nSPS) is 11.7. The predicted octanol–water partition coefficient (Wildman–Crippen LogP) is 17.0. The maximum absolute atomic E-state index is 6.17. The van der Waals surface area contributed by atoms with Gasteiger partial charge in [0.15, 0.2) is 5.82 Å². The Morgan fingerprint density at radius 2 is 0.815 bits per heavy atom. The number of aromatic nitrogens is 2. The monoisotopic (exact) mass is 826 g/mol. The van der Waals surface area contributed by atoms with E-state index in [1.165, 1.54) is 70.9 Å². The molecule has 0 N–H and O–H groups in total. The molecule has 13 aromatic rings. The van der Waals surface area contributed by atoms with Gasteiger partial charge in [-0.05, 0) is 107 Å². The fourth-order valence-corrected chi connectivity index (χ4v) is 10.1. The van der Waals surface area contributed by atoms with Crippen molar-refractivity contribution in [2.45, 2.75) is 0 Å². The molecule has 0 saturated carbocycles. The minimum Gasteiger partial charge on any atom is -0.456 e. The van der Waals surface area contributed by atoms with Gasteiger partial charge < -0.3 is 4.42 Å². The Morgan fingerprint density at radius 3 is 1.57 bits per heavy atom. The molecule has 65 heavy (non-hydrogen) atoms. The van der Waals surface area contributed by atoms with Gasteiger partial charge in [-0.15, -0.1) is 0 Å². The zero-order valence-corrected chi connectivity index (χ0v) is 35.2. The Morgan fingerprint density at radius 1 is 0.277 bits per heavy atom. The minimum atomic E-state index is 0.686. The number of fused-ring (bicyclic) bond motifs is 8. The molecular weight excluding hydrogens is 789 g/mol. The van der Waals surface area contributed by atoms with Crippen molar-refractivity contribution in [2.75, 3.05) is 0 Å². The number of hydrogen-bond donors (Lipinski definition) is 0. The van der Waals surface area contributed by atoms with Crippen molar-refractivity contribution < 1.29 is 4.42 Å². The van der Waals surface area contributed by atoms with Crippen LogP contribution in [-0.4, -0.2) is 9.97 Å². The third-order valence-electron chi connectivity index (χ3n) is 13.1. The van der Waals surface area contributed by atoms with Crippen molar-refractivity contribution in [3.05, 3.63) is 231 Å². The molecule has 11 aromatic carbocycles. The lowest BCUT2D eigenvalue weighted by atomic mass is 9.82. The summed E-state index contributed by atoms with van der Waals surface area (Å²) in [6.07, 6.45) is 0. The molecular formula is C62H38N2O. The first kappa shape index (κ1) is 36.9. The van der Waals surface area contributed by atoms with Crippen LogP contribution in [0.5, 0.6) is 0 Å². The van der Waals surface area contributed by atoms with Crippen LogP contribution < -0.4 is 0 Å². The van der Waals surface area contributed by atoms with Gasteiger partial charge in [0.2, 0.25) is 0 Å². The van der Waals surface area contributed by atoms with Crippen molar-refractivity contribution in [3.63, 3.8) is 0 Å². The van der Waals surface area contributed by atoms with Gasteiger partial charge in [0, 0.05) is 27.5 Å². The summed E-state index contributed by atoms with van der Waals surface area (Å²) in [4.78, 5) is 10.3. The zero-order valence-electron chi connectivity index (χ0n) is 35.2. The largest absolute Gasteiger partial charge is 0.456 e. The molecule has 2 heterocycles. The van der Waals surface area contributed by atoms with Gasteiger partial charge in [0.25, 0.3) is 0 Å². The van der Waals surface area contributed by atoms with Crippen molar-refractivity contribution in [1.82, 2.24) is 9.97 Å². The van der Waals surface area contributed by atoms with Gasteiger partial charge in [-0.25, -0.2) is 9.97 Å². The lowest BCUT2D eigenvalue weighted by molar-refractivity contribution is 0.669. The van der Waals surface area contributed by atoms with E-state index in [2.05, 4.69) is 194 Å². The molecule has 302 valence electrons. The van der Waals surface area contributed by atoms with E-state index in [1.54, 1.807) is 0 Å². The van der Waals surface area contributed by atoms with Crippen molar-refractivity contribution in [2.24, 2.45) is 0 Å². The topological polar surface area (TPSA) is 38.9 Å². The summed E-state index contributed by atoms with van der Waals surface area (Å²) in [6.45, 7) is 0. The van der Waals surface area contributed by atoms with Crippen molar-refractivity contribution in [3.8, 4) is 67.3 Å². The Kier molecular flexibility index (Phi) is 8.53. The first-order valence-corrected chi connectivity index (χ1v) is 22.1. The van der Waals surface area contributed by atoms with E-state index in [4.69, 9.17) is 14.4 Å². The molecule has 0 aliphatic rings. The molecule has 0 unspecified atom stereocenters. The van der Waals surface area contributed by atoms with Gasteiger partial charge in [-0.3, -0.25) is 0 Å². The van der Waals surface area contributed by atoms with E-state index in [0.29, 0.717) is 5.82 Å². The number of para-hydroxylation sites is 1. The quantitative estimate of drug-likeness (QED) is 0.124. The van der Waals surface area contributed by atoms with E-state index in [-0.39, 0.29) is 0 Å². The smallest absolute Gasteiger partial charge is 0.160 e. The van der Waals surface area contributed by atoms with Crippen LogP contribution >= 0.6 is 0 Å². The summed E-state index contributed by atoms with van der Waals surface area (Å²) in [6, 6.07) is 82.5. The SMILES string of the molecule is c1ccc(-c2nc(-c3ccc(-c4ccc(-c5c6ccccc6c(-c6ccccc6)c6c5ccc5ccccc56)c5ccccc45)cc3)cc(-c3ccc4oc5ccccc5c4c3)n2)cc1. The average molecular weight is 827 g/mol. The highest BCUT2D eigenvalue weighted by atomic mass is 16.3. The summed E-state index contributed by atoms with van der Waals surface area (Å²) < 4.78 is 6.17. The third kappa shape index (κ3) is 6.12. The molecule has 3 heteroatoms. The molecule has 0 saturated heterocycles. The summed E-state index contributed by atoms with van der Waals surface area (Å²) >= 11 is 0. The van der Waals surface area contributed by atoms with Gasteiger partial charge in [-0.1, -0.05) is 200 Å². The highest BCUT2D eigenvalue weighted by molar-refractivity contribution is 6.29. The van der Waals surface area contributed by atoms with Crippen LogP contribution in [0.15, 0.2) is 235 Å². The number of benzene rings is 11. The second kappa shape index (κ2) is 15.0. The average Bonchev–Trinajstić information content (AvgIpc) is 3.76. The minimum absolute atomic E-state index is 0.686. The maximum Gasteiger partial charge on any atom is 0.160 e. The van der Waals surface area contributed by atoms with Crippen molar-refractivity contribution in [1.29, 1.82) is 0 Å². The van der Waals surface area contributed by atoms with E-state index in [1.807, 2.05) is 36.4 Å². The number of nitrogens with zero attached hydrogens (tertiary/aromatic N) is 2. The first-order valence-electron chi connectivity index (χ1n) is 22.1. The van der Waals surface area contributed by atoms with Crippen LogP contribution in [-0.2, 0) is 0 Å². The van der Waals surface area contributed by atoms with Crippen molar-refractivity contribution >= 4 is 65.0 Å². The number of rotatable bonds is 6. The van der Waals surface area contributed by atoms with Gasteiger partial charge >= 0.3 is 0 Å². The summed E-state index contributed by atoms with van der Waals surface area (Å²) in [5.74, 6) is 0.686. The van der Waals surface area contributed by atoms with Crippen LogP contribution in [0.3, 0.4) is 0 Å². The first-order chi connectivity index (χ1) is 32.2. The molecule has 0 amide bonds. The van der Waals surface area contributed by atoms with E-state index in [9.17, 15) is 0 Å². The Balaban J connectivity index is 0.954. The molecule has 2 aromatic heterocycles. The standard InChI is InChI=1S/C62H38N2O/c1-3-16-42(17-4-1)59-50-24-11-12-25-51(50)60(53-33-31-39-15-7-8-20-46(39)61(53)59)52-35-34-45(47-21-9-10-22-48(47)52)40-27-29-41(30-28-40)55-38-56(64-62(63-55)43-18-5-2-6-19-43)44-32-36-58-54(37-44)49-23-13-14-26-57(49)65-58/h1-38H. The molecule has 0 bridgehead atoms. The second-order valence-corrected chi connectivity index (χ2v) is 16.8. The highest BCUT2D eigenvalue weighted by Gasteiger charge is 2.21. The molecule has 0 fully saturated rings. The molecule has 3 nitrogen and oxygen atoms in total. The Labute approximate surface area is 375 Å². The second-order valence-electron chi connectivity index (χ2n) is 16.8. The lowest BCUT2D eigenvalue weighted by Crippen LogP contribution is -1.96. The number of hydrogen-bond acceptors (Lipinski definition) is 3. The highest BCUT2D eigenvalue weighted by Crippen LogP contribution is 2.48. The summed E-state index contributed by atoms with van der Waals surface area (Å²) in [5, 5.41) is 12.1. The fraction of sp³-hybridized carbons (Fsp3) is 0. The van der Waals surface area contributed by atoms with Gasteiger partial charge in [0.1, 0.15) is 11.2 Å². The molecule has 0 spiro atoms. The van der Waals surface area contributed by atoms with E-state index >= 15 is 0 Å². The Hall–Kier alpha value is -8.66. The number of furan rings is 1. The summed E-state index contributed by atoms with van der Waals surface area (Å²) in [7, 11) is 0. The van der Waals surface area contributed by atoms with Crippen LogP contribution in [0, 0.1) is 0 Å².